The van der Waals surface area contributed by atoms with Crippen molar-refractivity contribution in [3.05, 3.63) is 65.5 Å². The third kappa shape index (κ3) is 3.94. The Hall–Kier alpha value is -2.51. The van der Waals surface area contributed by atoms with Crippen molar-refractivity contribution < 1.29 is 14.6 Å². The second-order valence-corrected chi connectivity index (χ2v) is 7.23. The number of aromatic nitrogens is 3. The Morgan fingerprint density at radius 2 is 1.93 bits per heavy atom. The minimum atomic E-state index is -0.621. The number of rotatable bonds is 7. The number of benzene rings is 2. The predicted molar refractivity (Wildman–Crippen MR) is 103 cm³/mol. The Bertz CT molecular complexity index is 914. The molecule has 0 unspecified atom stereocenters. The van der Waals surface area contributed by atoms with Crippen LogP contribution in [0.5, 0.6) is 11.5 Å². The average Bonchev–Trinajstić information content (AvgIpc) is 3.32. The first kappa shape index (κ1) is 17.9. The minimum absolute atomic E-state index is 0.230. The van der Waals surface area contributed by atoms with Crippen molar-refractivity contribution in [1.82, 2.24) is 14.8 Å². The molecule has 0 spiro atoms. The zero-order chi connectivity index (χ0) is 18.6. The number of ether oxygens (including phenoxy) is 2. The molecular weight excluding hydrogens is 362 g/mol. The zero-order valence-electron chi connectivity index (χ0n) is 15.0. The maximum absolute atomic E-state index is 10.5. The fourth-order valence-corrected chi connectivity index (χ4v) is 4.01. The summed E-state index contributed by atoms with van der Waals surface area (Å²) in [6, 6.07) is 15.8. The van der Waals surface area contributed by atoms with Gasteiger partial charge in [-0.05, 0) is 30.2 Å². The summed E-state index contributed by atoms with van der Waals surface area (Å²) in [7, 11) is 0. The lowest BCUT2D eigenvalue weighted by molar-refractivity contribution is 0.173. The van der Waals surface area contributed by atoms with Gasteiger partial charge in [0.1, 0.15) is 5.82 Å². The number of hydrogen-bond acceptors (Lipinski definition) is 6. The number of aliphatic hydroxyl groups excluding tert-OH is 1. The van der Waals surface area contributed by atoms with Crippen LogP contribution in [0.3, 0.4) is 0 Å². The Balaban J connectivity index is 1.43. The summed E-state index contributed by atoms with van der Waals surface area (Å²) in [4.78, 5) is 0. The zero-order valence-corrected chi connectivity index (χ0v) is 15.9. The third-order valence-corrected chi connectivity index (χ3v) is 5.51. The third-order valence-electron chi connectivity index (χ3n) is 4.47. The predicted octanol–water partition coefficient (Wildman–Crippen LogP) is 3.44. The van der Waals surface area contributed by atoms with Gasteiger partial charge in [-0.15, -0.1) is 10.2 Å². The van der Waals surface area contributed by atoms with Gasteiger partial charge in [0.2, 0.25) is 6.79 Å². The van der Waals surface area contributed by atoms with Gasteiger partial charge < -0.3 is 19.1 Å². The molecule has 0 saturated heterocycles. The van der Waals surface area contributed by atoms with Gasteiger partial charge in [-0.2, -0.15) is 0 Å². The average molecular weight is 383 g/mol. The van der Waals surface area contributed by atoms with E-state index in [0.717, 1.165) is 35.3 Å². The Morgan fingerprint density at radius 3 is 2.74 bits per heavy atom. The molecule has 0 amide bonds. The molecule has 0 aliphatic carbocycles. The van der Waals surface area contributed by atoms with E-state index in [0.29, 0.717) is 11.5 Å². The van der Waals surface area contributed by atoms with Crippen LogP contribution in [0.15, 0.2) is 53.7 Å². The first-order valence-electron chi connectivity index (χ1n) is 8.91. The number of hydrogen-bond donors (Lipinski definition) is 1. The van der Waals surface area contributed by atoms with Crippen molar-refractivity contribution in [1.29, 1.82) is 0 Å². The molecule has 1 aromatic heterocycles. The number of thioether (sulfide) groups is 1. The van der Waals surface area contributed by atoms with Gasteiger partial charge in [-0.25, -0.2) is 0 Å². The molecule has 1 atom stereocenters. The fourth-order valence-electron chi connectivity index (χ4n) is 3.02. The van der Waals surface area contributed by atoms with Gasteiger partial charge in [0, 0.05) is 18.7 Å². The van der Waals surface area contributed by atoms with Crippen molar-refractivity contribution in [2.75, 3.05) is 12.5 Å². The highest BCUT2D eigenvalue weighted by Gasteiger charge is 2.18. The number of fused-ring (bicyclic) bond motifs is 1. The highest BCUT2D eigenvalue weighted by Crippen LogP contribution is 2.35. The van der Waals surface area contributed by atoms with E-state index >= 15 is 0 Å². The van der Waals surface area contributed by atoms with Crippen molar-refractivity contribution in [3.8, 4) is 11.5 Å². The molecule has 1 aliphatic rings. The molecule has 1 N–H and O–H groups in total. The normalized spacial score (nSPS) is 13.7. The first-order chi connectivity index (χ1) is 13.2. The van der Waals surface area contributed by atoms with E-state index in [2.05, 4.69) is 33.8 Å². The largest absolute Gasteiger partial charge is 0.454 e. The Morgan fingerprint density at radius 1 is 1.11 bits per heavy atom. The summed E-state index contributed by atoms with van der Waals surface area (Å²) in [5.41, 5.74) is 2.01. The van der Waals surface area contributed by atoms with Crippen molar-refractivity contribution in [3.63, 3.8) is 0 Å². The topological polar surface area (TPSA) is 69.4 Å². The summed E-state index contributed by atoms with van der Waals surface area (Å²) < 4.78 is 12.8. The van der Waals surface area contributed by atoms with Gasteiger partial charge >= 0.3 is 0 Å². The van der Waals surface area contributed by atoms with Crippen molar-refractivity contribution in [2.24, 2.45) is 0 Å². The van der Waals surface area contributed by atoms with Crippen LogP contribution >= 0.6 is 11.8 Å². The smallest absolute Gasteiger partial charge is 0.231 e. The number of aliphatic hydroxyl groups is 1. The SMILES string of the molecule is CCn1c(Cc2ccccc2)nnc1SC[C@H](O)c1ccc2c(c1)OCO2. The molecule has 3 aromatic rings. The molecule has 0 saturated carbocycles. The van der Waals surface area contributed by atoms with Gasteiger partial charge in [-0.3, -0.25) is 0 Å². The molecule has 6 nitrogen and oxygen atoms in total. The van der Waals surface area contributed by atoms with Gasteiger partial charge in [0.15, 0.2) is 16.7 Å². The summed E-state index contributed by atoms with van der Waals surface area (Å²) >= 11 is 1.51. The van der Waals surface area contributed by atoms with E-state index < -0.39 is 6.10 Å². The van der Waals surface area contributed by atoms with E-state index in [1.165, 1.54) is 17.3 Å². The van der Waals surface area contributed by atoms with E-state index in [1.807, 2.05) is 36.4 Å². The fraction of sp³-hybridized carbons (Fsp3) is 0.300. The van der Waals surface area contributed by atoms with Crippen LogP contribution in [-0.4, -0.2) is 32.4 Å². The molecule has 1 aliphatic heterocycles. The second-order valence-electron chi connectivity index (χ2n) is 6.24. The Labute approximate surface area is 162 Å². The lowest BCUT2D eigenvalue weighted by atomic mass is 10.1. The molecule has 4 rings (SSSR count). The lowest BCUT2D eigenvalue weighted by Gasteiger charge is -2.12. The standard InChI is InChI=1S/C20H21N3O3S/c1-2-23-19(10-14-6-4-3-5-7-14)21-22-20(23)27-12-16(24)15-8-9-17-18(11-15)26-13-25-17/h3-9,11,16,24H,2,10,12-13H2,1H3/t16-/m0/s1. The van der Waals surface area contributed by atoms with Crippen LogP contribution in [-0.2, 0) is 13.0 Å². The molecular formula is C20H21N3O3S. The maximum atomic E-state index is 10.5. The minimum Gasteiger partial charge on any atom is -0.454 e. The van der Waals surface area contributed by atoms with Crippen molar-refractivity contribution >= 4 is 11.8 Å². The molecule has 140 valence electrons. The first-order valence-corrected chi connectivity index (χ1v) is 9.89. The van der Waals surface area contributed by atoms with E-state index in [9.17, 15) is 5.11 Å². The molecule has 27 heavy (non-hydrogen) atoms. The van der Waals surface area contributed by atoms with E-state index in [1.54, 1.807) is 0 Å². The quantitative estimate of drug-likeness (QED) is 0.630. The summed E-state index contributed by atoms with van der Waals surface area (Å²) in [5.74, 6) is 2.82. The van der Waals surface area contributed by atoms with Gasteiger partial charge in [-0.1, -0.05) is 48.2 Å². The molecule has 0 radical (unpaired) electrons. The molecule has 7 heteroatoms. The van der Waals surface area contributed by atoms with Crippen LogP contribution in [0.2, 0.25) is 0 Å². The van der Waals surface area contributed by atoms with Crippen LogP contribution < -0.4 is 9.47 Å². The molecule has 2 heterocycles. The highest BCUT2D eigenvalue weighted by atomic mass is 32.2. The summed E-state index contributed by atoms with van der Waals surface area (Å²) in [6.07, 6.45) is 0.122. The summed E-state index contributed by atoms with van der Waals surface area (Å²) in [6.45, 7) is 3.10. The lowest BCUT2D eigenvalue weighted by Crippen LogP contribution is -2.06. The Kier molecular flexibility index (Phi) is 5.31. The van der Waals surface area contributed by atoms with Crippen molar-refractivity contribution in [2.45, 2.75) is 31.1 Å². The molecule has 0 fully saturated rings. The maximum Gasteiger partial charge on any atom is 0.231 e. The van der Waals surface area contributed by atoms with Crippen LogP contribution in [0, 0.1) is 0 Å². The summed E-state index contributed by atoms with van der Waals surface area (Å²) in [5, 5.41) is 20.0. The van der Waals surface area contributed by atoms with Crippen LogP contribution in [0.4, 0.5) is 0 Å². The van der Waals surface area contributed by atoms with Gasteiger partial charge in [0.25, 0.3) is 0 Å². The highest BCUT2D eigenvalue weighted by molar-refractivity contribution is 7.99. The van der Waals surface area contributed by atoms with Crippen LogP contribution in [0.1, 0.15) is 30.0 Å². The van der Waals surface area contributed by atoms with E-state index in [-0.39, 0.29) is 6.79 Å². The van der Waals surface area contributed by atoms with Crippen LogP contribution in [0.25, 0.3) is 0 Å². The van der Waals surface area contributed by atoms with Gasteiger partial charge in [0.05, 0.1) is 6.10 Å². The number of nitrogens with zero attached hydrogens (tertiary/aromatic N) is 3. The monoisotopic (exact) mass is 383 g/mol. The van der Waals surface area contributed by atoms with E-state index in [4.69, 9.17) is 9.47 Å². The molecule has 0 bridgehead atoms. The molecule has 2 aromatic carbocycles. The second kappa shape index (κ2) is 8.02.